The quantitative estimate of drug-likeness (QED) is 0.584. The van der Waals surface area contributed by atoms with Crippen LogP contribution in [-0.4, -0.2) is 18.2 Å². The Morgan fingerprint density at radius 1 is 1.25 bits per heavy atom. The van der Waals surface area contributed by atoms with E-state index < -0.39 is 6.10 Å². The second-order valence-corrected chi connectivity index (χ2v) is 4.17. The third kappa shape index (κ3) is 3.69. The van der Waals surface area contributed by atoms with Gasteiger partial charge in [-0.2, -0.15) is 0 Å². The summed E-state index contributed by atoms with van der Waals surface area (Å²) in [6, 6.07) is 8.06. The number of benzene rings is 1. The van der Waals surface area contributed by atoms with Crippen molar-refractivity contribution in [2.75, 3.05) is 13.1 Å². The fourth-order valence-corrected chi connectivity index (χ4v) is 1.50. The highest BCUT2D eigenvalue weighted by Crippen LogP contribution is 2.18. The second kappa shape index (κ2) is 6.32. The molecule has 1 rings (SSSR count). The van der Waals surface area contributed by atoms with Gasteiger partial charge in [-0.3, -0.25) is 0 Å². The molecule has 1 aromatic carbocycles. The van der Waals surface area contributed by atoms with Gasteiger partial charge < -0.3 is 10.4 Å². The molecular formula is C14H19NO. The summed E-state index contributed by atoms with van der Waals surface area (Å²) in [4.78, 5) is 0. The van der Waals surface area contributed by atoms with Gasteiger partial charge in [-0.05, 0) is 17.0 Å². The summed E-state index contributed by atoms with van der Waals surface area (Å²) in [5.74, 6) is 3.00. The van der Waals surface area contributed by atoms with Crippen molar-refractivity contribution in [3.8, 4) is 12.3 Å². The number of rotatable bonds is 5. The first-order valence-electron chi connectivity index (χ1n) is 5.57. The highest BCUT2D eigenvalue weighted by atomic mass is 16.3. The summed E-state index contributed by atoms with van der Waals surface area (Å²) in [6.07, 6.45) is 4.62. The minimum Gasteiger partial charge on any atom is -0.387 e. The maximum absolute atomic E-state index is 9.85. The summed E-state index contributed by atoms with van der Waals surface area (Å²) >= 11 is 0. The lowest BCUT2D eigenvalue weighted by Crippen LogP contribution is -2.21. The predicted molar refractivity (Wildman–Crippen MR) is 67.2 cm³/mol. The number of aliphatic hydroxyl groups excluding tert-OH is 1. The van der Waals surface area contributed by atoms with Crippen molar-refractivity contribution in [2.45, 2.75) is 25.9 Å². The van der Waals surface area contributed by atoms with E-state index in [2.05, 4.69) is 37.2 Å². The zero-order chi connectivity index (χ0) is 12.0. The number of hydrogen-bond acceptors (Lipinski definition) is 2. The van der Waals surface area contributed by atoms with Gasteiger partial charge in [0.2, 0.25) is 0 Å². The van der Waals surface area contributed by atoms with E-state index in [0.717, 1.165) is 5.56 Å². The molecule has 0 aromatic heterocycles. The zero-order valence-corrected chi connectivity index (χ0v) is 9.90. The van der Waals surface area contributed by atoms with Crippen LogP contribution in [0.2, 0.25) is 0 Å². The molecule has 0 fully saturated rings. The molecule has 0 saturated carbocycles. The first kappa shape index (κ1) is 12.8. The van der Waals surface area contributed by atoms with Gasteiger partial charge in [0.15, 0.2) is 0 Å². The molecule has 0 aliphatic rings. The molecule has 0 radical (unpaired) electrons. The Kier molecular flexibility index (Phi) is 5.04. The Morgan fingerprint density at radius 3 is 2.31 bits per heavy atom. The first-order valence-corrected chi connectivity index (χ1v) is 5.57. The van der Waals surface area contributed by atoms with E-state index >= 15 is 0 Å². The average molecular weight is 217 g/mol. The summed E-state index contributed by atoms with van der Waals surface area (Å²) in [7, 11) is 0. The zero-order valence-electron chi connectivity index (χ0n) is 9.90. The monoisotopic (exact) mass is 217 g/mol. The fourth-order valence-electron chi connectivity index (χ4n) is 1.50. The van der Waals surface area contributed by atoms with E-state index in [9.17, 15) is 5.11 Å². The maximum atomic E-state index is 9.85. The Hall–Kier alpha value is -1.30. The SMILES string of the molecule is C#CCNCC(O)c1ccc(C(C)C)cc1. The van der Waals surface area contributed by atoms with Crippen molar-refractivity contribution in [1.82, 2.24) is 5.32 Å². The maximum Gasteiger partial charge on any atom is 0.0914 e. The fraction of sp³-hybridized carbons (Fsp3) is 0.429. The molecule has 16 heavy (non-hydrogen) atoms. The van der Waals surface area contributed by atoms with Crippen LogP contribution in [-0.2, 0) is 0 Å². The van der Waals surface area contributed by atoms with Crippen molar-refractivity contribution >= 4 is 0 Å². The standard InChI is InChI=1S/C14H19NO/c1-4-9-15-10-14(16)13-7-5-12(6-8-13)11(2)3/h1,5-8,11,14-16H,9-10H2,2-3H3. The third-order valence-electron chi connectivity index (χ3n) is 2.55. The van der Waals surface area contributed by atoms with Gasteiger partial charge in [0.1, 0.15) is 0 Å². The molecule has 0 amide bonds. The van der Waals surface area contributed by atoms with Crippen molar-refractivity contribution in [1.29, 1.82) is 0 Å². The minimum atomic E-state index is -0.491. The van der Waals surface area contributed by atoms with E-state index in [1.54, 1.807) is 0 Å². The normalized spacial score (nSPS) is 12.4. The summed E-state index contributed by atoms with van der Waals surface area (Å²) in [6.45, 7) is 5.28. The van der Waals surface area contributed by atoms with Crippen LogP contribution < -0.4 is 5.32 Å². The Balaban J connectivity index is 2.56. The molecule has 1 unspecified atom stereocenters. The van der Waals surface area contributed by atoms with Crippen molar-refractivity contribution < 1.29 is 5.11 Å². The van der Waals surface area contributed by atoms with Crippen LogP contribution in [0.4, 0.5) is 0 Å². The van der Waals surface area contributed by atoms with E-state index in [1.165, 1.54) is 5.56 Å². The molecule has 0 saturated heterocycles. The van der Waals surface area contributed by atoms with E-state index in [-0.39, 0.29) is 0 Å². The van der Waals surface area contributed by atoms with Gasteiger partial charge in [0, 0.05) is 6.54 Å². The van der Waals surface area contributed by atoms with Gasteiger partial charge in [-0.1, -0.05) is 44.0 Å². The number of hydrogen-bond donors (Lipinski definition) is 2. The van der Waals surface area contributed by atoms with Gasteiger partial charge >= 0.3 is 0 Å². The number of terminal acetylenes is 1. The Labute approximate surface area is 97.7 Å². The summed E-state index contributed by atoms with van der Waals surface area (Å²) in [5, 5.41) is 12.8. The molecule has 0 spiro atoms. The largest absolute Gasteiger partial charge is 0.387 e. The van der Waals surface area contributed by atoms with Crippen LogP contribution in [0.3, 0.4) is 0 Å². The summed E-state index contributed by atoms with van der Waals surface area (Å²) < 4.78 is 0. The molecule has 86 valence electrons. The third-order valence-corrected chi connectivity index (χ3v) is 2.55. The lowest BCUT2D eigenvalue weighted by Gasteiger charge is -2.12. The van der Waals surface area contributed by atoms with Crippen LogP contribution in [0, 0.1) is 12.3 Å². The van der Waals surface area contributed by atoms with Crippen molar-refractivity contribution in [3.05, 3.63) is 35.4 Å². The highest BCUT2D eigenvalue weighted by molar-refractivity contribution is 5.26. The Bertz CT molecular complexity index is 348. The van der Waals surface area contributed by atoms with Gasteiger partial charge in [0.05, 0.1) is 12.6 Å². The van der Waals surface area contributed by atoms with Gasteiger partial charge in [0.25, 0.3) is 0 Å². The second-order valence-electron chi connectivity index (χ2n) is 4.17. The van der Waals surface area contributed by atoms with Crippen LogP contribution in [0.25, 0.3) is 0 Å². The van der Waals surface area contributed by atoms with Crippen LogP contribution in [0.15, 0.2) is 24.3 Å². The smallest absolute Gasteiger partial charge is 0.0914 e. The lowest BCUT2D eigenvalue weighted by molar-refractivity contribution is 0.176. The van der Waals surface area contributed by atoms with Crippen LogP contribution in [0.5, 0.6) is 0 Å². The average Bonchev–Trinajstić information content (AvgIpc) is 2.29. The topological polar surface area (TPSA) is 32.3 Å². The van der Waals surface area contributed by atoms with Crippen LogP contribution in [0.1, 0.15) is 37.0 Å². The lowest BCUT2D eigenvalue weighted by atomic mass is 10.00. The van der Waals surface area contributed by atoms with Gasteiger partial charge in [-0.25, -0.2) is 0 Å². The molecule has 0 heterocycles. The van der Waals surface area contributed by atoms with Crippen molar-refractivity contribution in [2.24, 2.45) is 0 Å². The van der Waals surface area contributed by atoms with E-state index in [1.807, 2.05) is 12.1 Å². The minimum absolute atomic E-state index is 0.487. The van der Waals surface area contributed by atoms with Crippen LogP contribution >= 0.6 is 0 Å². The first-order chi connectivity index (χ1) is 7.65. The van der Waals surface area contributed by atoms with E-state index in [0.29, 0.717) is 19.0 Å². The van der Waals surface area contributed by atoms with Crippen molar-refractivity contribution in [3.63, 3.8) is 0 Å². The van der Waals surface area contributed by atoms with E-state index in [4.69, 9.17) is 6.42 Å². The molecule has 0 aliphatic carbocycles. The molecular weight excluding hydrogens is 198 g/mol. The number of aliphatic hydroxyl groups is 1. The molecule has 2 nitrogen and oxygen atoms in total. The molecule has 0 bridgehead atoms. The molecule has 2 heteroatoms. The molecule has 1 atom stereocenters. The predicted octanol–water partition coefficient (Wildman–Crippen LogP) is 2.07. The summed E-state index contributed by atoms with van der Waals surface area (Å²) in [5.41, 5.74) is 2.21. The van der Waals surface area contributed by atoms with Gasteiger partial charge in [-0.15, -0.1) is 6.42 Å². The highest BCUT2D eigenvalue weighted by Gasteiger charge is 2.07. The molecule has 2 N–H and O–H groups in total. The Morgan fingerprint density at radius 2 is 1.81 bits per heavy atom. The number of nitrogens with one attached hydrogen (secondary N) is 1. The molecule has 0 aliphatic heterocycles. The molecule has 1 aromatic rings.